The highest BCUT2D eigenvalue weighted by atomic mass is 31.3. The van der Waals surface area contributed by atoms with Crippen molar-refractivity contribution in [3.05, 3.63) is 33.4 Å². The Balaban J connectivity index is 1.03. The Morgan fingerprint density at radius 3 is 1.98 bits per heavy atom. The van der Waals surface area contributed by atoms with Crippen molar-refractivity contribution in [3.63, 3.8) is 0 Å². The van der Waals surface area contributed by atoms with Gasteiger partial charge in [-0.15, -0.1) is 0 Å². The van der Waals surface area contributed by atoms with Crippen molar-refractivity contribution in [2.24, 2.45) is 0 Å². The number of H-pyrrole nitrogens is 2. The monoisotopic (exact) mass is 894 g/mol. The van der Waals surface area contributed by atoms with Gasteiger partial charge in [0.25, 0.3) is 11.1 Å². The van der Waals surface area contributed by atoms with Crippen molar-refractivity contribution in [2.75, 3.05) is 44.3 Å². The van der Waals surface area contributed by atoms with Gasteiger partial charge in [-0.05, 0) is 0 Å². The SMILES string of the molecule is CNc1nc2c(ncn2[C@@H]2O[C@H](COP(=O)(O)OP(=O)(O)OP(=O)(O)CP(=O)(O)OC[C@H]3O[C@@H](n4cnc5c(=O)[nH]c(N)nc54)[C@H](O)[C@@H]3O)[C@@H](O)[C@H]2OC)c(=O)[nH]1. The molecule has 34 heteroatoms. The standard InChI is InChI=1S/C23H34N10O20P4/c1-25-23-29-17-11(19(38)31-23)27-6-33(17)21-15(47-2)13(35)9(51-21)4-49-56(43,44)53-57(45,46)52-55(41,42)7-54(39,40)48-3-8-12(34)14(36)20(50-8)32-5-26-10-16(32)28-22(24)30-18(10)37/h5-6,8-9,12-15,20-21,34-36H,3-4,7H2,1-2H3,(H,39,40)(H,41,42)(H,43,44)(H,45,46)(H3,24,28,30,37)(H2,25,29,31,38)/t8-,9-,12-,13-,14-,15-,20-,21-/m1/s1. The number of ether oxygens (including phenoxy) is 3. The molecular weight excluding hydrogens is 860 g/mol. The van der Waals surface area contributed by atoms with Gasteiger partial charge in [-0.3, -0.25) is 42.3 Å². The quantitative estimate of drug-likeness (QED) is 0.0512. The number of phosphoric ester groups is 1. The fraction of sp³-hybridized carbons (Fsp3) is 0.565. The van der Waals surface area contributed by atoms with Crippen molar-refractivity contribution < 1.29 is 85.0 Å². The summed E-state index contributed by atoms with van der Waals surface area (Å²) in [6, 6.07) is 0. The van der Waals surface area contributed by atoms with Gasteiger partial charge >= 0.3 is 30.8 Å². The maximum atomic E-state index is 12.7. The van der Waals surface area contributed by atoms with E-state index in [4.69, 9.17) is 24.5 Å². The minimum Gasteiger partial charge on any atom is -0.387 e. The zero-order chi connectivity index (χ0) is 41.8. The molecule has 4 aromatic heterocycles. The maximum Gasteiger partial charge on any atom is 0.488 e. The summed E-state index contributed by atoms with van der Waals surface area (Å²) in [7, 11) is -20.2. The number of hydrogen-bond donors (Lipinski definition) is 11. The summed E-state index contributed by atoms with van der Waals surface area (Å²) in [5.74, 6) is -2.18. The minimum absolute atomic E-state index is 0.00939. The first-order valence-corrected chi connectivity index (χ1v) is 22.3. The number of imidazole rings is 2. The Hall–Kier alpha value is -3.34. The lowest BCUT2D eigenvalue weighted by atomic mass is 10.1. The third-order valence-corrected chi connectivity index (χ3v) is 15.6. The van der Waals surface area contributed by atoms with Crippen LogP contribution in [-0.2, 0) is 50.1 Å². The van der Waals surface area contributed by atoms with E-state index in [1.807, 2.05) is 0 Å². The highest BCUT2D eigenvalue weighted by molar-refractivity contribution is 7.75. The number of rotatable bonds is 16. The Morgan fingerprint density at radius 2 is 1.35 bits per heavy atom. The van der Waals surface area contributed by atoms with Crippen LogP contribution in [0.1, 0.15) is 12.5 Å². The molecular formula is C23H34N10O20P4. The fourth-order valence-corrected chi connectivity index (χ4v) is 12.2. The van der Waals surface area contributed by atoms with Gasteiger partial charge in [0, 0.05) is 14.2 Å². The Kier molecular flexibility index (Phi) is 12.2. The predicted molar refractivity (Wildman–Crippen MR) is 185 cm³/mol. The van der Waals surface area contributed by atoms with Crippen LogP contribution < -0.4 is 22.2 Å². The van der Waals surface area contributed by atoms with Crippen LogP contribution in [0, 0.1) is 0 Å². The topological polar surface area (TPSA) is 440 Å². The number of anilines is 2. The van der Waals surface area contributed by atoms with Gasteiger partial charge in [0.2, 0.25) is 11.9 Å². The van der Waals surface area contributed by atoms with Crippen LogP contribution >= 0.6 is 30.8 Å². The molecule has 2 aliphatic rings. The number of aliphatic hydroxyl groups excluding tert-OH is 3. The predicted octanol–water partition coefficient (Wildman–Crippen LogP) is -2.64. The molecule has 6 heterocycles. The Bertz CT molecular complexity index is 2460. The summed E-state index contributed by atoms with van der Waals surface area (Å²) in [5.41, 5.74) is 3.71. The van der Waals surface area contributed by atoms with Gasteiger partial charge in [-0.25, -0.2) is 23.4 Å². The molecule has 6 rings (SSSR count). The van der Waals surface area contributed by atoms with Crippen molar-refractivity contribution in [1.82, 2.24) is 39.0 Å². The largest absolute Gasteiger partial charge is 0.488 e. The van der Waals surface area contributed by atoms with Gasteiger partial charge in [-0.2, -0.15) is 14.3 Å². The first-order valence-electron chi connectivity index (χ1n) is 15.8. The average Bonchev–Trinajstić information content (AvgIpc) is 3.85. The second-order valence-corrected chi connectivity index (χ2v) is 19.6. The number of nitrogens with zero attached hydrogens (tertiary/aromatic N) is 6. The number of aliphatic hydroxyl groups is 3. The molecule has 0 aromatic carbocycles. The van der Waals surface area contributed by atoms with Crippen molar-refractivity contribution in [3.8, 4) is 0 Å². The number of methoxy groups -OCH3 is 1. The van der Waals surface area contributed by atoms with Crippen molar-refractivity contribution in [2.45, 2.75) is 49.1 Å². The molecule has 0 saturated carbocycles. The summed E-state index contributed by atoms with van der Waals surface area (Å²) in [6.45, 7) is -2.09. The molecule has 0 spiro atoms. The molecule has 316 valence electrons. The number of phosphoric acid groups is 2. The zero-order valence-electron chi connectivity index (χ0n) is 28.9. The van der Waals surface area contributed by atoms with Crippen LogP contribution in [0.2, 0.25) is 0 Å². The van der Waals surface area contributed by atoms with Crippen LogP contribution in [0.25, 0.3) is 22.3 Å². The Morgan fingerprint density at radius 1 is 0.789 bits per heavy atom. The number of hydrogen-bond acceptors (Lipinski definition) is 22. The van der Waals surface area contributed by atoms with Crippen LogP contribution in [-0.4, -0.2) is 144 Å². The third kappa shape index (κ3) is 9.28. The third-order valence-electron chi connectivity index (χ3n) is 8.23. The van der Waals surface area contributed by atoms with E-state index in [1.54, 1.807) is 0 Å². The van der Waals surface area contributed by atoms with Crippen molar-refractivity contribution >= 4 is 65.1 Å². The molecule has 0 aliphatic carbocycles. The lowest BCUT2D eigenvalue weighted by Crippen LogP contribution is -2.35. The lowest BCUT2D eigenvalue weighted by Gasteiger charge is -2.22. The number of nitrogens with two attached hydrogens (primary N) is 1. The Labute approximate surface area is 315 Å². The van der Waals surface area contributed by atoms with Crippen molar-refractivity contribution in [1.29, 1.82) is 0 Å². The van der Waals surface area contributed by atoms with Gasteiger partial charge in [0.05, 0.1) is 25.9 Å². The van der Waals surface area contributed by atoms with Crippen LogP contribution in [0.4, 0.5) is 11.9 Å². The molecule has 4 aromatic rings. The second-order valence-electron chi connectivity index (χ2n) is 12.2. The van der Waals surface area contributed by atoms with E-state index in [2.05, 4.69) is 48.4 Å². The molecule has 0 radical (unpaired) electrons. The summed E-state index contributed by atoms with van der Waals surface area (Å²) >= 11 is 0. The second kappa shape index (κ2) is 16.0. The van der Waals surface area contributed by atoms with E-state index < -0.39 is 110 Å². The molecule has 4 unspecified atom stereocenters. The first-order chi connectivity index (χ1) is 26.5. The molecule has 0 amide bonds. The van der Waals surface area contributed by atoms with Crippen LogP contribution in [0.5, 0.6) is 0 Å². The molecule has 2 aliphatic heterocycles. The van der Waals surface area contributed by atoms with E-state index in [1.165, 1.54) is 18.7 Å². The summed E-state index contributed by atoms with van der Waals surface area (Å²) < 4.78 is 86.7. The minimum atomic E-state index is -6.10. The van der Waals surface area contributed by atoms with Gasteiger partial charge in [-0.1, -0.05) is 0 Å². The van der Waals surface area contributed by atoms with Crippen LogP contribution in [0.15, 0.2) is 22.2 Å². The van der Waals surface area contributed by atoms with E-state index in [9.17, 15) is 62.7 Å². The zero-order valence-corrected chi connectivity index (χ0v) is 32.5. The number of nitrogen functional groups attached to an aromatic ring is 1. The molecule has 57 heavy (non-hydrogen) atoms. The molecule has 30 nitrogen and oxygen atoms in total. The van der Waals surface area contributed by atoms with Gasteiger partial charge in [0.15, 0.2) is 40.7 Å². The number of fused-ring (bicyclic) bond motifs is 2. The summed E-state index contributed by atoms with van der Waals surface area (Å²) in [5, 5.41) is 34.5. The van der Waals surface area contributed by atoms with E-state index in [0.717, 1.165) is 17.2 Å². The summed E-state index contributed by atoms with van der Waals surface area (Å²) in [6.07, 6.45) is -10.1. The number of aromatic amines is 2. The average molecular weight is 894 g/mol. The fourth-order valence-electron chi connectivity index (χ4n) is 5.77. The van der Waals surface area contributed by atoms with Gasteiger partial charge in [0.1, 0.15) is 36.6 Å². The molecule has 0 bridgehead atoms. The summed E-state index contributed by atoms with van der Waals surface area (Å²) in [4.78, 5) is 85.5. The normalized spacial score (nSPS) is 29.6. The highest BCUT2D eigenvalue weighted by Crippen LogP contribution is 2.70. The maximum absolute atomic E-state index is 12.7. The molecule has 2 fully saturated rings. The van der Waals surface area contributed by atoms with Gasteiger partial charge < -0.3 is 64.7 Å². The van der Waals surface area contributed by atoms with E-state index in [0.29, 0.717) is 0 Å². The molecule has 2 saturated heterocycles. The molecule has 12 atom stereocenters. The first kappa shape index (κ1) is 43.2. The highest BCUT2D eigenvalue weighted by Gasteiger charge is 2.50. The lowest BCUT2D eigenvalue weighted by molar-refractivity contribution is -0.0577. The smallest absolute Gasteiger partial charge is 0.387 e. The number of nitrogens with one attached hydrogen (secondary N) is 3. The van der Waals surface area contributed by atoms with E-state index >= 15 is 0 Å². The number of aromatic nitrogens is 8. The molecule has 12 N–H and O–H groups in total. The van der Waals surface area contributed by atoms with Crippen LogP contribution in [0.3, 0.4) is 0 Å². The van der Waals surface area contributed by atoms with E-state index in [-0.39, 0.29) is 34.2 Å².